The Bertz CT molecular complexity index is 1070. The van der Waals surface area contributed by atoms with Gasteiger partial charge in [-0.15, -0.1) is 0 Å². The quantitative estimate of drug-likeness (QED) is 0.448. The highest BCUT2D eigenvalue weighted by Gasteiger charge is 2.45. The number of piperazine rings is 1. The van der Waals surface area contributed by atoms with Crippen molar-refractivity contribution in [2.24, 2.45) is 0 Å². The second-order valence-electron chi connectivity index (χ2n) is 10.7. The molecule has 1 amide bonds. The van der Waals surface area contributed by atoms with E-state index in [4.69, 9.17) is 0 Å². The van der Waals surface area contributed by atoms with Crippen molar-refractivity contribution in [2.75, 3.05) is 69.2 Å². The van der Waals surface area contributed by atoms with E-state index in [2.05, 4.69) is 46.4 Å². The van der Waals surface area contributed by atoms with Gasteiger partial charge in [0.25, 0.3) is 0 Å². The molecule has 202 valence electrons. The van der Waals surface area contributed by atoms with Gasteiger partial charge in [0.05, 0.1) is 0 Å². The van der Waals surface area contributed by atoms with Gasteiger partial charge in [-0.05, 0) is 39.8 Å². The molecular formula is C26H36F3N7O. The van der Waals surface area contributed by atoms with E-state index in [0.29, 0.717) is 44.4 Å². The topological polar surface area (TPSA) is 59.1 Å². The van der Waals surface area contributed by atoms with Crippen LogP contribution in [0.4, 0.5) is 24.8 Å². The third kappa shape index (κ3) is 4.60. The summed E-state index contributed by atoms with van der Waals surface area (Å²) in [4.78, 5) is 30.2. The zero-order valence-corrected chi connectivity index (χ0v) is 21.8. The molecule has 3 saturated heterocycles. The van der Waals surface area contributed by atoms with E-state index in [-0.39, 0.29) is 23.5 Å². The monoisotopic (exact) mass is 519 g/mol. The number of anilines is 2. The van der Waals surface area contributed by atoms with E-state index in [9.17, 15) is 18.0 Å². The zero-order chi connectivity index (χ0) is 26.5. The lowest BCUT2D eigenvalue weighted by atomic mass is 9.82. The maximum absolute atomic E-state index is 13.8. The third-order valence-electron chi connectivity index (χ3n) is 9.00. The van der Waals surface area contributed by atoms with Gasteiger partial charge in [-0.25, -0.2) is 9.97 Å². The van der Waals surface area contributed by atoms with Crippen LogP contribution >= 0.6 is 0 Å². The predicted octanol–water partition coefficient (Wildman–Crippen LogP) is 2.63. The Labute approximate surface area is 216 Å². The summed E-state index contributed by atoms with van der Waals surface area (Å²) < 4.78 is 41.4. The summed E-state index contributed by atoms with van der Waals surface area (Å²) in [6.45, 7) is 13.3. The summed E-state index contributed by atoms with van der Waals surface area (Å²) in [7, 11) is 2.12. The minimum Gasteiger partial charge on any atom is -0.356 e. The zero-order valence-electron chi connectivity index (χ0n) is 21.8. The molecule has 1 aromatic heterocycles. The molecule has 0 unspecified atom stereocenters. The standard InChI is InChI=1S/C26H36F3N7O/c1-5-23(37)35-14-12-33(13-15-35)20-17-36(19(20)3)22-16-21(30-24(31-22)26(27,28)29)34-10-7-25(8-11-34)18(2)6-9-32(25)4/h5-6,16,19-20H,1,7-15,17H2,2-4H3/t19-,20-/m1/s1. The molecule has 5 heterocycles. The van der Waals surface area contributed by atoms with Gasteiger partial charge >= 0.3 is 6.18 Å². The number of alkyl halides is 3. The van der Waals surface area contributed by atoms with Crippen molar-refractivity contribution in [1.29, 1.82) is 0 Å². The van der Waals surface area contributed by atoms with Gasteiger partial charge < -0.3 is 14.7 Å². The number of piperidine rings is 1. The molecule has 0 saturated carbocycles. The Kier molecular flexibility index (Phi) is 6.72. The van der Waals surface area contributed by atoms with Crippen LogP contribution in [-0.4, -0.2) is 108 Å². The first-order chi connectivity index (χ1) is 17.5. The average Bonchev–Trinajstić information content (AvgIpc) is 3.15. The Morgan fingerprint density at radius 3 is 2.30 bits per heavy atom. The summed E-state index contributed by atoms with van der Waals surface area (Å²) in [5, 5.41) is 0. The van der Waals surface area contributed by atoms with Gasteiger partial charge in [0, 0.05) is 76.0 Å². The first-order valence-corrected chi connectivity index (χ1v) is 13.1. The van der Waals surface area contributed by atoms with Crippen LogP contribution in [0.15, 0.2) is 30.4 Å². The maximum Gasteiger partial charge on any atom is 0.451 e. The van der Waals surface area contributed by atoms with E-state index in [1.807, 2.05) is 16.7 Å². The van der Waals surface area contributed by atoms with Crippen molar-refractivity contribution in [3.8, 4) is 0 Å². The summed E-state index contributed by atoms with van der Waals surface area (Å²) in [6, 6.07) is 1.94. The highest BCUT2D eigenvalue weighted by atomic mass is 19.4. The van der Waals surface area contributed by atoms with Crippen molar-refractivity contribution in [1.82, 2.24) is 24.7 Å². The summed E-state index contributed by atoms with van der Waals surface area (Å²) in [5.74, 6) is -0.468. The minimum atomic E-state index is -4.62. The van der Waals surface area contributed by atoms with E-state index in [0.717, 1.165) is 32.5 Å². The fraction of sp³-hybridized carbons (Fsp3) is 0.654. The highest BCUT2D eigenvalue weighted by molar-refractivity contribution is 5.87. The lowest BCUT2D eigenvalue weighted by Crippen LogP contribution is -2.68. The normalized spacial score (nSPS) is 26.9. The number of carbonyl (C=O) groups excluding carboxylic acids is 1. The summed E-state index contributed by atoms with van der Waals surface area (Å²) in [6.07, 6.45) is 0.678. The third-order valence-corrected chi connectivity index (χ3v) is 9.00. The fourth-order valence-corrected chi connectivity index (χ4v) is 6.40. The van der Waals surface area contributed by atoms with Gasteiger partial charge in [-0.2, -0.15) is 13.2 Å². The van der Waals surface area contributed by atoms with Gasteiger partial charge in [-0.3, -0.25) is 14.6 Å². The second-order valence-corrected chi connectivity index (χ2v) is 10.7. The molecule has 0 aromatic carbocycles. The van der Waals surface area contributed by atoms with Crippen LogP contribution in [-0.2, 0) is 11.0 Å². The molecule has 0 aliphatic carbocycles. The smallest absolute Gasteiger partial charge is 0.356 e. The molecule has 8 nitrogen and oxygen atoms in total. The highest BCUT2D eigenvalue weighted by Crippen LogP contribution is 2.40. The molecule has 1 aromatic rings. The molecule has 0 bridgehead atoms. The summed E-state index contributed by atoms with van der Waals surface area (Å²) >= 11 is 0. The van der Waals surface area contributed by atoms with E-state index >= 15 is 0 Å². The fourth-order valence-electron chi connectivity index (χ4n) is 6.40. The Morgan fingerprint density at radius 1 is 1.11 bits per heavy atom. The Morgan fingerprint density at radius 2 is 1.76 bits per heavy atom. The van der Waals surface area contributed by atoms with Crippen LogP contribution in [0.25, 0.3) is 0 Å². The molecule has 2 atom stereocenters. The van der Waals surface area contributed by atoms with Crippen LogP contribution in [0.1, 0.15) is 32.5 Å². The lowest BCUT2D eigenvalue weighted by Gasteiger charge is -2.53. The van der Waals surface area contributed by atoms with E-state index in [1.54, 1.807) is 11.0 Å². The molecule has 37 heavy (non-hydrogen) atoms. The second kappa shape index (κ2) is 9.58. The molecule has 1 spiro atoms. The number of aromatic nitrogens is 2. The maximum atomic E-state index is 13.8. The van der Waals surface area contributed by atoms with Crippen LogP contribution in [0.2, 0.25) is 0 Å². The first-order valence-electron chi connectivity index (χ1n) is 13.1. The van der Waals surface area contributed by atoms with Gasteiger partial charge in [0.2, 0.25) is 11.7 Å². The molecule has 4 aliphatic rings. The number of carbonyl (C=O) groups is 1. The Hall–Kier alpha value is -2.66. The van der Waals surface area contributed by atoms with Gasteiger partial charge in [0.1, 0.15) is 11.6 Å². The largest absolute Gasteiger partial charge is 0.451 e. The van der Waals surface area contributed by atoms with Gasteiger partial charge in [0.15, 0.2) is 0 Å². The number of rotatable bonds is 4. The number of halogens is 3. The molecule has 3 fully saturated rings. The molecule has 5 rings (SSSR count). The van der Waals surface area contributed by atoms with E-state index in [1.165, 1.54) is 11.6 Å². The Balaban J connectivity index is 1.30. The SMILES string of the molecule is C=CC(=O)N1CCN([C@@H]2CN(c3cc(N4CCC5(CC4)C(C)=CCN5C)nc(C(F)(F)F)n3)[C@@H]2C)CC1. The lowest BCUT2D eigenvalue weighted by molar-refractivity contribution is -0.144. The van der Waals surface area contributed by atoms with Crippen LogP contribution < -0.4 is 9.80 Å². The molecule has 0 radical (unpaired) electrons. The number of nitrogens with zero attached hydrogens (tertiary/aromatic N) is 7. The van der Waals surface area contributed by atoms with Crippen molar-refractivity contribution in [3.63, 3.8) is 0 Å². The van der Waals surface area contributed by atoms with Gasteiger partial charge in [-0.1, -0.05) is 18.2 Å². The number of hydrogen-bond acceptors (Lipinski definition) is 7. The average molecular weight is 520 g/mol. The first kappa shape index (κ1) is 26.0. The van der Waals surface area contributed by atoms with Crippen LogP contribution in [0.5, 0.6) is 0 Å². The minimum absolute atomic E-state index is 0.00126. The van der Waals surface area contributed by atoms with Crippen LogP contribution in [0, 0.1) is 0 Å². The van der Waals surface area contributed by atoms with Crippen molar-refractivity contribution >= 4 is 17.5 Å². The predicted molar refractivity (Wildman–Crippen MR) is 137 cm³/mol. The molecule has 11 heteroatoms. The van der Waals surface area contributed by atoms with Crippen molar-refractivity contribution in [2.45, 2.75) is 50.5 Å². The molecule has 0 N–H and O–H groups in total. The van der Waals surface area contributed by atoms with E-state index < -0.39 is 12.0 Å². The molecular weight excluding hydrogens is 483 g/mol. The summed E-state index contributed by atoms with van der Waals surface area (Å²) in [5.41, 5.74) is 1.35. The van der Waals surface area contributed by atoms with Crippen LogP contribution in [0.3, 0.4) is 0 Å². The number of amides is 1. The van der Waals surface area contributed by atoms with Crippen molar-refractivity contribution < 1.29 is 18.0 Å². The number of likely N-dealkylation sites (N-methyl/N-ethyl adjacent to an activating group) is 1. The molecule has 4 aliphatic heterocycles. The number of hydrogen-bond donors (Lipinski definition) is 0. The van der Waals surface area contributed by atoms with Crippen molar-refractivity contribution in [3.05, 3.63) is 36.2 Å².